The molecule has 3 aromatic rings. The minimum atomic E-state index is -0.549. The number of aryl methyl sites for hydroxylation is 1. The lowest BCUT2D eigenvalue weighted by Gasteiger charge is -2.28. The predicted octanol–water partition coefficient (Wildman–Crippen LogP) is 4.28. The van der Waals surface area contributed by atoms with Gasteiger partial charge in [0.05, 0.1) is 18.1 Å². The third kappa shape index (κ3) is 6.72. The summed E-state index contributed by atoms with van der Waals surface area (Å²) in [5.41, 5.74) is 2.07. The van der Waals surface area contributed by atoms with Crippen LogP contribution in [-0.2, 0) is 22.6 Å². The van der Waals surface area contributed by atoms with Crippen molar-refractivity contribution in [3.63, 3.8) is 0 Å². The molecule has 0 radical (unpaired) electrons. The molecule has 2 aromatic carbocycles. The number of nitro groups is 1. The largest absolute Gasteiger partial charge is 0.383 e. The van der Waals surface area contributed by atoms with Crippen molar-refractivity contribution >= 4 is 28.8 Å². The first kappa shape index (κ1) is 25.1. The maximum absolute atomic E-state index is 13.5. The molecule has 1 aromatic heterocycles. The highest BCUT2D eigenvalue weighted by atomic mass is 32.1. The highest BCUT2D eigenvalue weighted by Gasteiger charge is 2.24. The standard InChI is InChI=1S/C25H27N3O5S/c1-19-11-14-34-23(19)17-27(16-20-7-4-3-5-8-20)24(29)18-26(12-13-33-2)25(30)21-9-6-10-22(15-21)28(31)32/h3-11,14-15H,12-13,16-18H2,1-2H3. The third-order valence-electron chi connectivity index (χ3n) is 5.35. The Labute approximate surface area is 202 Å². The second-order valence-corrected chi connectivity index (χ2v) is 8.79. The third-order valence-corrected chi connectivity index (χ3v) is 6.36. The molecule has 178 valence electrons. The summed E-state index contributed by atoms with van der Waals surface area (Å²) in [5.74, 6) is -0.674. The van der Waals surface area contributed by atoms with E-state index in [4.69, 9.17) is 4.74 Å². The lowest BCUT2D eigenvalue weighted by Crippen LogP contribution is -2.43. The number of non-ortho nitro benzene ring substituents is 1. The van der Waals surface area contributed by atoms with E-state index < -0.39 is 10.8 Å². The van der Waals surface area contributed by atoms with Crippen LogP contribution in [0.15, 0.2) is 66.0 Å². The van der Waals surface area contributed by atoms with Crippen molar-refractivity contribution in [3.8, 4) is 0 Å². The maximum Gasteiger partial charge on any atom is 0.270 e. The van der Waals surface area contributed by atoms with Gasteiger partial charge in [0.2, 0.25) is 5.91 Å². The minimum Gasteiger partial charge on any atom is -0.383 e. The zero-order valence-electron chi connectivity index (χ0n) is 19.2. The number of thiophene rings is 1. The monoisotopic (exact) mass is 481 g/mol. The number of rotatable bonds is 11. The van der Waals surface area contributed by atoms with Crippen LogP contribution in [0.4, 0.5) is 5.69 Å². The summed E-state index contributed by atoms with van der Waals surface area (Å²) in [6.45, 7) is 3.09. The number of hydrogen-bond donors (Lipinski definition) is 0. The van der Waals surface area contributed by atoms with Crippen molar-refractivity contribution in [2.75, 3.05) is 26.8 Å². The van der Waals surface area contributed by atoms with E-state index in [0.717, 1.165) is 16.0 Å². The fraction of sp³-hybridized carbons (Fsp3) is 0.280. The van der Waals surface area contributed by atoms with Crippen molar-refractivity contribution in [2.24, 2.45) is 0 Å². The molecule has 34 heavy (non-hydrogen) atoms. The molecule has 0 saturated heterocycles. The van der Waals surface area contributed by atoms with E-state index in [9.17, 15) is 19.7 Å². The molecule has 8 nitrogen and oxygen atoms in total. The van der Waals surface area contributed by atoms with Crippen molar-refractivity contribution in [1.29, 1.82) is 0 Å². The van der Waals surface area contributed by atoms with E-state index in [2.05, 4.69) is 0 Å². The van der Waals surface area contributed by atoms with E-state index >= 15 is 0 Å². The molecule has 2 amide bonds. The van der Waals surface area contributed by atoms with Crippen molar-refractivity contribution in [3.05, 3.63) is 97.7 Å². The molecule has 1 heterocycles. The molecule has 0 saturated carbocycles. The number of nitro benzene ring substituents is 1. The first-order valence-corrected chi connectivity index (χ1v) is 11.6. The molecule has 0 spiro atoms. The minimum absolute atomic E-state index is 0.154. The molecule has 0 unspecified atom stereocenters. The van der Waals surface area contributed by atoms with Crippen LogP contribution in [0.5, 0.6) is 0 Å². The Hall–Kier alpha value is -3.56. The molecular formula is C25H27N3O5S. The van der Waals surface area contributed by atoms with Crippen molar-refractivity contribution in [1.82, 2.24) is 9.80 Å². The summed E-state index contributed by atoms with van der Waals surface area (Å²) in [4.78, 5) is 41.4. The number of benzene rings is 2. The van der Waals surface area contributed by atoms with Gasteiger partial charge in [-0.25, -0.2) is 0 Å². The second kappa shape index (κ2) is 12.1. The van der Waals surface area contributed by atoms with Gasteiger partial charge in [-0.15, -0.1) is 11.3 Å². The van der Waals surface area contributed by atoms with Gasteiger partial charge < -0.3 is 14.5 Å². The van der Waals surface area contributed by atoms with Gasteiger partial charge >= 0.3 is 0 Å². The van der Waals surface area contributed by atoms with Gasteiger partial charge in [-0.1, -0.05) is 36.4 Å². The summed E-state index contributed by atoms with van der Waals surface area (Å²) >= 11 is 1.59. The highest BCUT2D eigenvalue weighted by Crippen LogP contribution is 2.20. The number of carbonyl (C=O) groups is 2. The van der Waals surface area contributed by atoms with E-state index in [1.807, 2.05) is 48.7 Å². The molecule has 0 fully saturated rings. The van der Waals surface area contributed by atoms with Gasteiger partial charge in [-0.2, -0.15) is 0 Å². The second-order valence-electron chi connectivity index (χ2n) is 7.79. The number of nitrogens with zero attached hydrogens (tertiary/aromatic N) is 3. The quantitative estimate of drug-likeness (QED) is 0.301. The van der Waals surface area contributed by atoms with Crippen LogP contribution < -0.4 is 0 Å². The number of ether oxygens (including phenoxy) is 1. The van der Waals surface area contributed by atoms with Gasteiger partial charge in [-0.05, 0) is 35.6 Å². The summed E-state index contributed by atoms with van der Waals surface area (Å²) in [7, 11) is 1.51. The first-order chi connectivity index (χ1) is 16.4. The van der Waals surface area contributed by atoms with Crippen molar-refractivity contribution in [2.45, 2.75) is 20.0 Å². The lowest BCUT2D eigenvalue weighted by atomic mass is 10.1. The Morgan fingerprint density at radius 1 is 1.03 bits per heavy atom. The highest BCUT2D eigenvalue weighted by molar-refractivity contribution is 7.10. The Kier molecular flexibility index (Phi) is 8.89. The smallest absolute Gasteiger partial charge is 0.270 e. The number of carbonyl (C=O) groups excluding carboxylic acids is 2. The normalized spacial score (nSPS) is 10.6. The van der Waals surface area contributed by atoms with Gasteiger partial charge in [0.15, 0.2) is 0 Å². The van der Waals surface area contributed by atoms with Crippen LogP contribution in [0.1, 0.15) is 26.4 Å². The Bertz CT molecular complexity index is 1130. The van der Waals surface area contributed by atoms with E-state index in [1.165, 1.54) is 36.3 Å². The average molecular weight is 482 g/mol. The number of amides is 2. The van der Waals surface area contributed by atoms with E-state index in [0.29, 0.717) is 13.1 Å². The lowest BCUT2D eigenvalue weighted by molar-refractivity contribution is -0.384. The van der Waals surface area contributed by atoms with Gasteiger partial charge in [0, 0.05) is 42.8 Å². The van der Waals surface area contributed by atoms with Gasteiger partial charge in [0.1, 0.15) is 6.54 Å². The summed E-state index contributed by atoms with van der Waals surface area (Å²) in [6.07, 6.45) is 0. The summed E-state index contributed by atoms with van der Waals surface area (Å²) < 4.78 is 5.13. The molecule has 0 aliphatic heterocycles. The van der Waals surface area contributed by atoms with Gasteiger partial charge in [0.25, 0.3) is 11.6 Å². The maximum atomic E-state index is 13.5. The SMILES string of the molecule is COCCN(CC(=O)N(Cc1ccccc1)Cc1sccc1C)C(=O)c1cccc([N+](=O)[O-])c1. The fourth-order valence-corrected chi connectivity index (χ4v) is 4.35. The zero-order valence-corrected chi connectivity index (χ0v) is 20.0. The molecule has 3 rings (SSSR count). The first-order valence-electron chi connectivity index (χ1n) is 10.8. The molecule has 0 aliphatic rings. The van der Waals surface area contributed by atoms with Gasteiger partial charge in [-0.3, -0.25) is 19.7 Å². The fourth-order valence-electron chi connectivity index (χ4n) is 3.43. The molecule has 0 aliphatic carbocycles. The summed E-state index contributed by atoms with van der Waals surface area (Å²) in [6, 6.07) is 17.2. The Morgan fingerprint density at radius 3 is 2.44 bits per heavy atom. The predicted molar refractivity (Wildman–Crippen MR) is 131 cm³/mol. The summed E-state index contributed by atoms with van der Waals surface area (Å²) in [5, 5.41) is 13.1. The zero-order chi connectivity index (χ0) is 24.5. The Morgan fingerprint density at radius 2 is 1.79 bits per heavy atom. The van der Waals surface area contributed by atoms with Crippen LogP contribution in [0.2, 0.25) is 0 Å². The molecule has 0 atom stereocenters. The topological polar surface area (TPSA) is 93.0 Å². The van der Waals surface area contributed by atoms with Crippen LogP contribution in [-0.4, -0.2) is 53.3 Å². The van der Waals surface area contributed by atoms with E-state index in [1.54, 1.807) is 16.2 Å². The van der Waals surface area contributed by atoms with Crippen molar-refractivity contribution < 1.29 is 19.2 Å². The average Bonchev–Trinajstić information content (AvgIpc) is 3.25. The molecule has 9 heteroatoms. The number of hydrogen-bond acceptors (Lipinski definition) is 6. The van der Waals surface area contributed by atoms with Crippen LogP contribution in [0, 0.1) is 17.0 Å². The van der Waals surface area contributed by atoms with Crippen LogP contribution >= 0.6 is 11.3 Å². The molecule has 0 N–H and O–H groups in total. The Balaban J connectivity index is 1.83. The van der Waals surface area contributed by atoms with Crippen LogP contribution in [0.3, 0.4) is 0 Å². The molecule has 0 bridgehead atoms. The molecular weight excluding hydrogens is 454 g/mol. The van der Waals surface area contributed by atoms with E-state index in [-0.39, 0.29) is 36.9 Å². The number of methoxy groups -OCH3 is 1. The van der Waals surface area contributed by atoms with Crippen LogP contribution in [0.25, 0.3) is 0 Å².